The van der Waals surface area contributed by atoms with Gasteiger partial charge in [0.25, 0.3) is 0 Å². The second kappa shape index (κ2) is 9.15. The normalized spacial score (nSPS) is 11.8. The minimum atomic E-state index is 1.02. The molecule has 2 heterocycles. The zero-order chi connectivity index (χ0) is 28.5. The molecule has 0 amide bonds. The third-order valence-corrected chi connectivity index (χ3v) is 8.93. The Kier molecular flexibility index (Phi) is 5.35. The van der Waals surface area contributed by atoms with Crippen LogP contribution in [-0.2, 0) is 14.1 Å². The smallest absolute Gasteiger partial charge is 0.106 e. The van der Waals surface area contributed by atoms with E-state index in [2.05, 4.69) is 146 Å². The van der Waals surface area contributed by atoms with Gasteiger partial charge in [-0.05, 0) is 99.1 Å². The molecule has 4 nitrogen and oxygen atoms in total. The number of nitrogens with zero attached hydrogens (tertiary/aromatic N) is 4. The summed E-state index contributed by atoms with van der Waals surface area (Å²) in [6.45, 7) is 4.11. The van der Waals surface area contributed by atoms with Crippen LogP contribution in [0.25, 0.3) is 77.0 Å². The van der Waals surface area contributed by atoms with E-state index in [1.54, 1.807) is 0 Å². The van der Waals surface area contributed by atoms with Gasteiger partial charge < -0.3 is 9.13 Å². The summed E-state index contributed by atoms with van der Waals surface area (Å²) in [5.41, 5.74) is 11.7. The van der Waals surface area contributed by atoms with E-state index in [4.69, 9.17) is 9.97 Å². The zero-order valence-electron chi connectivity index (χ0n) is 24.2. The van der Waals surface area contributed by atoms with Crippen molar-refractivity contribution < 1.29 is 0 Å². The summed E-state index contributed by atoms with van der Waals surface area (Å²) in [5, 5.41) is 4.99. The molecule has 0 fully saturated rings. The van der Waals surface area contributed by atoms with Crippen molar-refractivity contribution in [3.8, 4) is 33.4 Å². The van der Waals surface area contributed by atoms with Crippen molar-refractivity contribution in [2.24, 2.45) is 14.1 Å². The van der Waals surface area contributed by atoms with Crippen molar-refractivity contribution in [1.82, 2.24) is 19.1 Å². The van der Waals surface area contributed by atoms with Gasteiger partial charge in [0.1, 0.15) is 11.6 Å². The number of hydrogen-bond donors (Lipinski definition) is 0. The first kappa shape index (κ1) is 24.6. The predicted octanol–water partition coefficient (Wildman–Crippen LogP) is 9.38. The van der Waals surface area contributed by atoms with E-state index >= 15 is 0 Å². The summed E-state index contributed by atoms with van der Waals surface area (Å²) in [7, 11) is 4.18. The molecule has 0 radical (unpaired) electrons. The van der Waals surface area contributed by atoms with Gasteiger partial charge in [0, 0.05) is 14.1 Å². The lowest BCUT2D eigenvalue weighted by Crippen LogP contribution is -1.92. The van der Waals surface area contributed by atoms with Crippen LogP contribution in [0.1, 0.15) is 11.6 Å². The average molecular weight is 543 g/mol. The largest absolute Gasteiger partial charge is 0.331 e. The summed E-state index contributed by atoms with van der Waals surface area (Å²) in [4.78, 5) is 9.47. The van der Waals surface area contributed by atoms with E-state index in [0.29, 0.717) is 0 Å². The Morgan fingerprint density at radius 1 is 0.452 bits per heavy atom. The van der Waals surface area contributed by atoms with E-state index < -0.39 is 0 Å². The quantitative estimate of drug-likeness (QED) is 0.209. The molecule has 0 atom stereocenters. The first-order chi connectivity index (χ1) is 20.5. The monoisotopic (exact) mass is 542 g/mol. The van der Waals surface area contributed by atoms with Crippen LogP contribution in [0, 0.1) is 13.8 Å². The first-order valence-electron chi connectivity index (χ1n) is 14.4. The van der Waals surface area contributed by atoms with Gasteiger partial charge in [-0.25, -0.2) is 9.97 Å². The molecule has 0 aliphatic carbocycles. The predicted molar refractivity (Wildman–Crippen MR) is 176 cm³/mol. The van der Waals surface area contributed by atoms with Gasteiger partial charge in [-0.2, -0.15) is 0 Å². The average Bonchev–Trinajstić information content (AvgIpc) is 3.47. The van der Waals surface area contributed by atoms with Gasteiger partial charge >= 0.3 is 0 Å². The molecule has 8 aromatic rings. The van der Waals surface area contributed by atoms with Crippen LogP contribution in [0.5, 0.6) is 0 Å². The summed E-state index contributed by atoms with van der Waals surface area (Å²) in [6, 6.07) is 39.9. The standard InChI is InChI=1S/C38H30N4/c1-23-39-34-18-16-26(20-36(34)41(23)3)28-12-8-14-30-32(28)22-33-29(27-17-19-35-37(21-27)42(4)24(2)40-35)13-9-15-31(33)38(30)25-10-6-5-7-11-25/h5-22H,1-4H3. The highest BCUT2D eigenvalue weighted by Gasteiger charge is 2.17. The first-order valence-corrected chi connectivity index (χ1v) is 14.4. The highest BCUT2D eigenvalue weighted by Crippen LogP contribution is 2.43. The SMILES string of the molecule is Cc1nc2ccc(-c3cccc4c(-c5ccccc5)c5cccc(-c6ccc7nc(C)n(C)c7c6)c5cc34)cc2n1C. The lowest BCUT2D eigenvalue weighted by atomic mass is 9.86. The van der Waals surface area contributed by atoms with Gasteiger partial charge in [0.2, 0.25) is 0 Å². The summed E-state index contributed by atoms with van der Waals surface area (Å²) in [5.74, 6) is 2.03. The molecule has 0 N–H and O–H groups in total. The number of hydrogen-bond acceptors (Lipinski definition) is 2. The molecule has 0 bridgehead atoms. The molecular weight excluding hydrogens is 512 g/mol. The number of imidazole rings is 2. The van der Waals surface area contributed by atoms with Gasteiger partial charge in [-0.15, -0.1) is 0 Å². The Balaban J connectivity index is 1.47. The van der Waals surface area contributed by atoms with Crippen LogP contribution in [0.15, 0.2) is 109 Å². The third-order valence-electron chi connectivity index (χ3n) is 8.93. The van der Waals surface area contributed by atoms with Crippen LogP contribution in [0.2, 0.25) is 0 Å². The number of aryl methyl sites for hydroxylation is 4. The van der Waals surface area contributed by atoms with Gasteiger partial charge in [-0.3, -0.25) is 0 Å². The molecule has 42 heavy (non-hydrogen) atoms. The van der Waals surface area contributed by atoms with Crippen LogP contribution >= 0.6 is 0 Å². The number of fused-ring (bicyclic) bond motifs is 4. The van der Waals surface area contributed by atoms with E-state index in [0.717, 1.165) is 33.7 Å². The fourth-order valence-corrected chi connectivity index (χ4v) is 6.54. The maximum atomic E-state index is 4.74. The molecular formula is C38H30N4. The van der Waals surface area contributed by atoms with E-state index in [1.165, 1.54) is 54.9 Å². The fourth-order valence-electron chi connectivity index (χ4n) is 6.54. The minimum Gasteiger partial charge on any atom is -0.331 e. The van der Waals surface area contributed by atoms with Gasteiger partial charge in [-0.1, -0.05) is 78.9 Å². The highest BCUT2D eigenvalue weighted by molar-refractivity contribution is 6.19. The Bertz CT molecular complexity index is 2190. The topological polar surface area (TPSA) is 35.6 Å². The molecule has 0 spiro atoms. The zero-order valence-corrected chi connectivity index (χ0v) is 24.2. The lowest BCUT2D eigenvalue weighted by molar-refractivity contribution is 0.886. The highest BCUT2D eigenvalue weighted by atomic mass is 15.1. The van der Waals surface area contributed by atoms with Crippen molar-refractivity contribution in [3.63, 3.8) is 0 Å². The minimum absolute atomic E-state index is 1.02. The van der Waals surface area contributed by atoms with E-state index in [1.807, 2.05) is 0 Å². The lowest BCUT2D eigenvalue weighted by Gasteiger charge is -2.17. The summed E-state index contributed by atoms with van der Waals surface area (Å²) in [6.07, 6.45) is 0. The maximum absolute atomic E-state index is 4.74. The van der Waals surface area contributed by atoms with Gasteiger partial charge in [0.15, 0.2) is 0 Å². The fraction of sp³-hybridized carbons (Fsp3) is 0.105. The van der Waals surface area contributed by atoms with Crippen LogP contribution in [0.3, 0.4) is 0 Å². The second-order valence-electron chi connectivity index (χ2n) is 11.3. The molecule has 0 saturated carbocycles. The molecule has 0 unspecified atom stereocenters. The van der Waals surface area contributed by atoms with Crippen LogP contribution in [0.4, 0.5) is 0 Å². The second-order valence-corrected chi connectivity index (χ2v) is 11.3. The third kappa shape index (κ3) is 3.61. The number of aromatic nitrogens is 4. The van der Waals surface area contributed by atoms with Crippen molar-refractivity contribution in [2.75, 3.05) is 0 Å². The van der Waals surface area contributed by atoms with Crippen LogP contribution < -0.4 is 0 Å². The molecule has 0 saturated heterocycles. The molecule has 4 heteroatoms. The number of rotatable bonds is 3. The molecule has 0 aliphatic rings. The van der Waals surface area contributed by atoms with Crippen molar-refractivity contribution in [3.05, 3.63) is 121 Å². The Hall–Kier alpha value is -5.22. The van der Waals surface area contributed by atoms with Crippen molar-refractivity contribution in [2.45, 2.75) is 13.8 Å². The Labute approximate surface area is 244 Å². The number of benzene rings is 6. The molecule has 8 rings (SSSR count). The molecule has 2 aromatic heterocycles. The molecule has 0 aliphatic heterocycles. The molecule has 6 aromatic carbocycles. The van der Waals surface area contributed by atoms with Crippen molar-refractivity contribution >= 4 is 43.6 Å². The van der Waals surface area contributed by atoms with E-state index in [9.17, 15) is 0 Å². The summed E-state index contributed by atoms with van der Waals surface area (Å²) >= 11 is 0. The van der Waals surface area contributed by atoms with Crippen LogP contribution in [-0.4, -0.2) is 19.1 Å². The van der Waals surface area contributed by atoms with E-state index in [-0.39, 0.29) is 0 Å². The summed E-state index contributed by atoms with van der Waals surface area (Å²) < 4.78 is 4.34. The Morgan fingerprint density at radius 2 is 0.952 bits per heavy atom. The van der Waals surface area contributed by atoms with Crippen molar-refractivity contribution in [1.29, 1.82) is 0 Å². The van der Waals surface area contributed by atoms with Gasteiger partial charge in [0.05, 0.1) is 22.1 Å². The molecule has 202 valence electrons. The Morgan fingerprint density at radius 3 is 1.45 bits per heavy atom. The maximum Gasteiger partial charge on any atom is 0.106 e.